The molecule has 0 bridgehead atoms. The molecule has 1 fully saturated rings. The lowest BCUT2D eigenvalue weighted by atomic mass is 9.85. The van der Waals surface area contributed by atoms with E-state index in [0.29, 0.717) is 24.4 Å². The Bertz CT molecular complexity index is 580. The number of likely N-dealkylation sites (tertiary alicyclic amines) is 1. The fraction of sp³-hybridized carbons (Fsp3) is 0.500. The Morgan fingerprint density at radius 3 is 2.59 bits per heavy atom. The van der Waals surface area contributed by atoms with E-state index in [1.165, 1.54) is 24.3 Å². The van der Waals surface area contributed by atoms with Crippen molar-refractivity contribution in [3.05, 3.63) is 39.9 Å². The number of nitrogens with zero attached hydrogens (tertiary/aromatic N) is 2. The Morgan fingerprint density at radius 1 is 1.41 bits per heavy atom. The van der Waals surface area contributed by atoms with E-state index < -0.39 is 4.92 Å². The van der Waals surface area contributed by atoms with Crippen molar-refractivity contribution in [1.29, 1.82) is 0 Å². The molecule has 0 aromatic heterocycles. The molecule has 0 aliphatic carbocycles. The van der Waals surface area contributed by atoms with Crippen molar-refractivity contribution in [1.82, 2.24) is 4.90 Å². The maximum absolute atomic E-state index is 12.6. The van der Waals surface area contributed by atoms with E-state index in [9.17, 15) is 19.7 Å². The largest absolute Gasteiger partial charge is 0.333 e. The van der Waals surface area contributed by atoms with Gasteiger partial charge < -0.3 is 9.69 Å². The molecule has 1 saturated heterocycles. The van der Waals surface area contributed by atoms with Crippen LogP contribution in [0.1, 0.15) is 43.5 Å². The third kappa shape index (κ3) is 3.00. The van der Waals surface area contributed by atoms with Gasteiger partial charge in [0.25, 0.3) is 11.6 Å². The summed E-state index contributed by atoms with van der Waals surface area (Å²) in [6, 6.07) is 5.69. The van der Waals surface area contributed by atoms with Gasteiger partial charge in [-0.25, -0.2) is 0 Å². The molecule has 1 aliphatic heterocycles. The molecule has 0 radical (unpaired) electrons. The van der Waals surface area contributed by atoms with E-state index in [1.807, 2.05) is 18.7 Å². The summed E-state index contributed by atoms with van der Waals surface area (Å²) >= 11 is 0. The molecule has 6 nitrogen and oxygen atoms in total. The van der Waals surface area contributed by atoms with E-state index in [2.05, 4.69) is 0 Å². The lowest BCUT2D eigenvalue weighted by molar-refractivity contribution is -0.384. The molecule has 22 heavy (non-hydrogen) atoms. The Morgan fingerprint density at radius 2 is 2.05 bits per heavy atom. The standard InChI is InChI=1S/C16H20N2O4/c1-16(2)13(4-3-11-19)9-10-17(16)15(20)12-5-7-14(8-6-12)18(21)22/h5-8,11,13H,3-4,9-10H2,1-2H3/t13-/m1/s1. The van der Waals surface area contributed by atoms with E-state index in [1.54, 1.807) is 0 Å². The highest BCUT2D eigenvalue weighted by Crippen LogP contribution is 2.38. The zero-order valence-electron chi connectivity index (χ0n) is 12.8. The molecule has 118 valence electrons. The van der Waals surface area contributed by atoms with Crippen LogP contribution in [0, 0.1) is 16.0 Å². The third-order valence-corrected chi connectivity index (χ3v) is 4.60. The van der Waals surface area contributed by atoms with Gasteiger partial charge in [0.15, 0.2) is 0 Å². The zero-order chi connectivity index (χ0) is 16.3. The number of benzene rings is 1. The van der Waals surface area contributed by atoms with E-state index in [0.717, 1.165) is 19.1 Å². The Labute approximate surface area is 129 Å². The molecule has 1 atom stereocenters. The van der Waals surface area contributed by atoms with Crippen LogP contribution in [0.15, 0.2) is 24.3 Å². The number of hydrogen-bond donors (Lipinski definition) is 0. The number of hydrogen-bond acceptors (Lipinski definition) is 4. The monoisotopic (exact) mass is 304 g/mol. The minimum Gasteiger partial charge on any atom is -0.333 e. The molecule has 1 aliphatic rings. The fourth-order valence-corrected chi connectivity index (χ4v) is 3.16. The van der Waals surface area contributed by atoms with Gasteiger partial charge in [0.05, 0.1) is 4.92 Å². The molecule has 0 N–H and O–H groups in total. The highest BCUT2D eigenvalue weighted by molar-refractivity contribution is 5.95. The van der Waals surface area contributed by atoms with Crippen molar-refractivity contribution < 1.29 is 14.5 Å². The van der Waals surface area contributed by atoms with Crippen molar-refractivity contribution >= 4 is 17.9 Å². The maximum Gasteiger partial charge on any atom is 0.269 e. The summed E-state index contributed by atoms with van der Waals surface area (Å²) in [4.78, 5) is 35.2. The molecule has 2 rings (SSSR count). The minimum atomic E-state index is -0.483. The number of rotatable bonds is 5. The first-order valence-corrected chi connectivity index (χ1v) is 7.38. The first-order valence-electron chi connectivity index (χ1n) is 7.38. The number of nitro groups is 1. The molecule has 1 aromatic rings. The summed E-state index contributed by atoms with van der Waals surface area (Å²) in [6.07, 6.45) is 3.07. The van der Waals surface area contributed by atoms with Gasteiger partial charge in [-0.1, -0.05) is 0 Å². The normalized spacial score (nSPS) is 19.9. The zero-order valence-corrected chi connectivity index (χ0v) is 12.8. The van der Waals surface area contributed by atoms with Gasteiger partial charge in [-0.2, -0.15) is 0 Å². The van der Waals surface area contributed by atoms with Gasteiger partial charge in [-0.05, 0) is 44.7 Å². The molecular formula is C16H20N2O4. The van der Waals surface area contributed by atoms with Crippen molar-refractivity contribution in [2.24, 2.45) is 5.92 Å². The van der Waals surface area contributed by atoms with E-state index >= 15 is 0 Å². The lowest BCUT2D eigenvalue weighted by Crippen LogP contribution is -2.46. The van der Waals surface area contributed by atoms with Crippen LogP contribution in [0.25, 0.3) is 0 Å². The highest BCUT2D eigenvalue weighted by atomic mass is 16.6. The Kier molecular flexibility index (Phi) is 4.59. The SMILES string of the molecule is CC1(C)[C@H](CCC=O)CCN1C(=O)c1ccc([N+](=O)[O-])cc1. The van der Waals surface area contributed by atoms with Crippen LogP contribution in [0.4, 0.5) is 5.69 Å². The van der Waals surface area contributed by atoms with Crippen LogP contribution >= 0.6 is 0 Å². The molecular weight excluding hydrogens is 284 g/mol. The molecule has 6 heteroatoms. The quantitative estimate of drug-likeness (QED) is 0.476. The van der Waals surface area contributed by atoms with Gasteiger partial charge in [0.2, 0.25) is 0 Å². The molecule has 0 unspecified atom stereocenters. The fourth-order valence-electron chi connectivity index (χ4n) is 3.16. The lowest BCUT2D eigenvalue weighted by Gasteiger charge is -2.36. The smallest absolute Gasteiger partial charge is 0.269 e. The summed E-state index contributed by atoms with van der Waals surface area (Å²) < 4.78 is 0. The topological polar surface area (TPSA) is 80.5 Å². The Hall–Kier alpha value is -2.24. The number of carbonyl (C=O) groups is 2. The summed E-state index contributed by atoms with van der Waals surface area (Å²) in [7, 11) is 0. The van der Waals surface area contributed by atoms with Crippen LogP contribution in [-0.2, 0) is 4.79 Å². The third-order valence-electron chi connectivity index (χ3n) is 4.60. The number of nitro benzene ring substituents is 1. The molecule has 1 heterocycles. The van der Waals surface area contributed by atoms with Crippen molar-refractivity contribution in [3.8, 4) is 0 Å². The van der Waals surface area contributed by atoms with Crippen molar-refractivity contribution in [3.63, 3.8) is 0 Å². The number of amides is 1. The van der Waals surface area contributed by atoms with Gasteiger partial charge in [-0.15, -0.1) is 0 Å². The average molecular weight is 304 g/mol. The average Bonchev–Trinajstić information content (AvgIpc) is 2.79. The molecule has 1 amide bonds. The van der Waals surface area contributed by atoms with Gasteiger partial charge >= 0.3 is 0 Å². The number of aldehydes is 1. The van der Waals surface area contributed by atoms with Gasteiger partial charge in [-0.3, -0.25) is 14.9 Å². The Balaban J connectivity index is 2.15. The highest BCUT2D eigenvalue weighted by Gasteiger charge is 2.43. The number of non-ortho nitro benzene ring substituents is 1. The van der Waals surface area contributed by atoms with Crippen molar-refractivity contribution in [2.45, 2.75) is 38.6 Å². The maximum atomic E-state index is 12.6. The summed E-state index contributed by atoms with van der Waals surface area (Å²) in [5, 5.41) is 10.7. The van der Waals surface area contributed by atoms with E-state index in [-0.39, 0.29) is 17.1 Å². The second-order valence-corrected chi connectivity index (χ2v) is 6.14. The first kappa shape index (κ1) is 16.1. The number of carbonyl (C=O) groups excluding carboxylic acids is 2. The molecule has 0 spiro atoms. The molecule has 0 saturated carbocycles. The van der Waals surface area contributed by atoms with Crippen LogP contribution in [-0.4, -0.2) is 34.1 Å². The summed E-state index contributed by atoms with van der Waals surface area (Å²) in [5.74, 6) is 0.174. The second kappa shape index (κ2) is 6.25. The van der Waals surface area contributed by atoms with Crippen LogP contribution in [0.3, 0.4) is 0 Å². The summed E-state index contributed by atoms with van der Waals surface area (Å²) in [6.45, 7) is 4.67. The predicted molar refractivity (Wildman–Crippen MR) is 81.6 cm³/mol. The first-order chi connectivity index (χ1) is 10.4. The van der Waals surface area contributed by atoms with E-state index in [4.69, 9.17) is 0 Å². The van der Waals surface area contributed by atoms with Crippen LogP contribution in [0.5, 0.6) is 0 Å². The predicted octanol–water partition coefficient (Wildman–Crippen LogP) is 2.81. The molecule has 1 aromatic carbocycles. The van der Waals surface area contributed by atoms with Crippen LogP contribution < -0.4 is 0 Å². The second-order valence-electron chi connectivity index (χ2n) is 6.14. The van der Waals surface area contributed by atoms with Gasteiger partial charge in [0.1, 0.15) is 6.29 Å². The van der Waals surface area contributed by atoms with Gasteiger partial charge in [0, 0.05) is 36.2 Å². The summed E-state index contributed by atoms with van der Waals surface area (Å²) in [5.41, 5.74) is 0.109. The van der Waals surface area contributed by atoms with Crippen molar-refractivity contribution in [2.75, 3.05) is 6.54 Å². The van der Waals surface area contributed by atoms with Crippen LogP contribution in [0.2, 0.25) is 0 Å². The minimum absolute atomic E-state index is 0.0268.